The summed E-state index contributed by atoms with van der Waals surface area (Å²) in [5, 5.41) is 31.1. The van der Waals surface area contributed by atoms with E-state index < -0.39 is 11.9 Å². The first-order chi connectivity index (χ1) is 23.1. The van der Waals surface area contributed by atoms with Crippen LogP contribution in [0, 0.1) is 21.4 Å². The summed E-state index contributed by atoms with van der Waals surface area (Å²) in [5.41, 5.74) is 2.12. The molecule has 0 saturated carbocycles. The van der Waals surface area contributed by atoms with Crippen molar-refractivity contribution in [1.82, 2.24) is 10.6 Å². The highest BCUT2D eigenvalue weighted by molar-refractivity contribution is 14.1. The Balaban J connectivity index is 2.06. The van der Waals surface area contributed by atoms with E-state index in [1.807, 2.05) is 104 Å². The maximum Gasteiger partial charge on any atom is 0.337 e. The fourth-order valence-corrected chi connectivity index (χ4v) is 13.1. The quantitative estimate of drug-likeness (QED) is 0.0638. The van der Waals surface area contributed by atoms with E-state index in [1.54, 1.807) is 0 Å². The average molecular weight is 1350 g/mol. The minimum Gasteiger partial charge on any atom is -0.478 e. The number of benzene rings is 2. The number of hydrogen-bond acceptors (Lipinski definition) is 6. The van der Waals surface area contributed by atoms with Crippen LogP contribution in [0.2, 0.25) is 0 Å². The molecule has 0 aromatic heterocycles. The van der Waals surface area contributed by atoms with E-state index in [0.717, 1.165) is 0 Å². The monoisotopic (exact) mass is 1350 g/mol. The zero-order valence-corrected chi connectivity index (χ0v) is 39.3. The second-order valence-electron chi connectivity index (χ2n) is 10.7. The van der Waals surface area contributed by atoms with Gasteiger partial charge in [0.25, 0.3) is 0 Å². The van der Waals surface area contributed by atoms with Crippen LogP contribution in [0.4, 0.5) is 11.4 Å². The molecule has 12 nitrogen and oxygen atoms in total. The molecule has 0 aliphatic rings. The van der Waals surface area contributed by atoms with Crippen LogP contribution in [-0.2, 0) is 32.3 Å². The molecular weight excluding hydrogens is 1320 g/mol. The number of nitrogens with one attached hydrogen (secondary N) is 4. The Bertz CT molecular complexity index is 1520. The summed E-state index contributed by atoms with van der Waals surface area (Å²) in [7, 11) is 0. The van der Waals surface area contributed by atoms with Gasteiger partial charge >= 0.3 is 11.9 Å². The van der Waals surface area contributed by atoms with Crippen LogP contribution < -0.4 is 21.3 Å². The summed E-state index contributed by atoms with van der Waals surface area (Å²) in [6.45, 7) is 4.05. The molecule has 0 aliphatic heterocycles. The number of aromatic carboxylic acids is 2. The maximum atomic E-state index is 12.9. The molecule has 18 heteroatoms. The minimum atomic E-state index is -1.14. The number of carboxylic acids is 2. The fraction of sp³-hybridized carbons (Fsp3) is 0.419. The minimum absolute atomic E-state index is 0.0592. The molecule has 2 rings (SSSR count). The number of unbranched alkanes of at least 4 members (excludes halogenated alkanes) is 2. The van der Waals surface area contributed by atoms with E-state index >= 15 is 0 Å². The maximum absolute atomic E-state index is 12.9. The SMILES string of the molecule is CCCC(=O)NCc1c(I)c(NC(=O)CCCCCC(=O)Nc2c(I)c(CNC(=O)CCC)c(I)c(C(=O)O)c2I)c(I)c(C(=O)O)c1I. The summed E-state index contributed by atoms with van der Waals surface area (Å²) in [6, 6.07) is 0. The zero-order valence-electron chi connectivity index (χ0n) is 26.4. The van der Waals surface area contributed by atoms with Gasteiger partial charge in [-0.2, -0.15) is 0 Å². The van der Waals surface area contributed by atoms with Crippen LogP contribution in [0.1, 0.15) is 103 Å². The molecule has 0 radical (unpaired) electrons. The first-order valence-corrected chi connectivity index (χ1v) is 21.5. The van der Waals surface area contributed by atoms with Crippen LogP contribution in [0.15, 0.2) is 0 Å². The number of hydrogen-bond donors (Lipinski definition) is 6. The molecule has 0 spiro atoms. The van der Waals surface area contributed by atoms with Crippen molar-refractivity contribution in [3.8, 4) is 0 Å². The fourth-order valence-electron chi connectivity index (χ4n) is 4.49. The van der Waals surface area contributed by atoms with Crippen molar-refractivity contribution in [3.05, 3.63) is 43.7 Å². The first-order valence-electron chi connectivity index (χ1n) is 15.0. The lowest BCUT2D eigenvalue weighted by molar-refractivity contribution is -0.122. The second-order valence-corrected chi connectivity index (χ2v) is 17.1. The van der Waals surface area contributed by atoms with Crippen molar-refractivity contribution in [2.24, 2.45) is 0 Å². The molecule has 0 atom stereocenters. The van der Waals surface area contributed by atoms with Crippen molar-refractivity contribution in [2.45, 2.75) is 84.7 Å². The lowest BCUT2D eigenvalue weighted by atomic mass is 10.1. The Morgan fingerprint density at radius 2 is 0.837 bits per heavy atom. The third-order valence-electron chi connectivity index (χ3n) is 6.96. The highest BCUT2D eigenvalue weighted by Crippen LogP contribution is 2.37. The van der Waals surface area contributed by atoms with E-state index in [9.17, 15) is 39.0 Å². The van der Waals surface area contributed by atoms with Crippen LogP contribution in [0.25, 0.3) is 0 Å². The van der Waals surface area contributed by atoms with Crippen molar-refractivity contribution < 1.29 is 39.0 Å². The number of amides is 4. The van der Waals surface area contributed by atoms with Gasteiger partial charge in [0.05, 0.1) is 29.6 Å². The third kappa shape index (κ3) is 12.9. The molecule has 0 saturated heterocycles. The number of rotatable bonds is 18. The zero-order chi connectivity index (χ0) is 37.0. The van der Waals surface area contributed by atoms with Crippen LogP contribution in [0.3, 0.4) is 0 Å². The van der Waals surface area contributed by atoms with Crippen molar-refractivity contribution in [3.63, 3.8) is 0 Å². The van der Waals surface area contributed by atoms with Crippen molar-refractivity contribution in [1.29, 1.82) is 0 Å². The Hall–Kier alpha value is -0.360. The van der Waals surface area contributed by atoms with Gasteiger partial charge < -0.3 is 31.5 Å². The summed E-state index contributed by atoms with van der Waals surface area (Å²) in [4.78, 5) is 74.3. The summed E-state index contributed by atoms with van der Waals surface area (Å²) in [6.07, 6.45) is 3.88. The lowest BCUT2D eigenvalue weighted by Crippen LogP contribution is -2.25. The van der Waals surface area contributed by atoms with Gasteiger partial charge in [-0.1, -0.05) is 20.3 Å². The molecule has 2 aromatic rings. The van der Waals surface area contributed by atoms with Gasteiger partial charge in [-0.25, -0.2) is 9.59 Å². The molecule has 0 unspecified atom stereocenters. The number of carboxylic acid groups (broad SMARTS) is 2. The first kappa shape index (κ1) is 44.8. The van der Waals surface area contributed by atoms with Crippen molar-refractivity contribution in [2.75, 3.05) is 10.6 Å². The lowest BCUT2D eigenvalue weighted by Gasteiger charge is -2.19. The summed E-state index contributed by atoms with van der Waals surface area (Å²) >= 11 is 11.9. The van der Waals surface area contributed by atoms with Gasteiger partial charge in [0.1, 0.15) is 0 Å². The average Bonchev–Trinajstić information content (AvgIpc) is 3.01. The second kappa shape index (κ2) is 22.0. The van der Waals surface area contributed by atoms with Gasteiger partial charge in [-0.15, -0.1) is 0 Å². The molecule has 2 aromatic carbocycles. The van der Waals surface area contributed by atoms with E-state index in [-0.39, 0.29) is 60.7 Å². The summed E-state index contributed by atoms with van der Waals surface area (Å²) < 4.78 is 3.08. The van der Waals surface area contributed by atoms with Gasteiger partial charge in [0, 0.05) is 64.2 Å². The third-order valence-corrected chi connectivity index (χ3v) is 13.9. The standard InChI is InChI=1S/C31H34I6N4O8/c1-3-8-16(42)38-12-14-22(32)20(30(46)47)26(36)28(24(14)34)40-18(44)10-6-5-7-11-19(45)41-29-25(35)15(13-39-17(43)9-4-2)23(33)21(27(29)37)31(48)49/h3-13H2,1-2H3,(H,38,42)(H,39,43)(H,40,44)(H,41,45)(H,46,47)(H,48,49). The molecule has 6 N–H and O–H groups in total. The highest BCUT2D eigenvalue weighted by Gasteiger charge is 2.27. The Labute approximate surface area is 366 Å². The molecule has 268 valence electrons. The van der Waals surface area contributed by atoms with Gasteiger partial charge in [0.15, 0.2) is 0 Å². The topological polar surface area (TPSA) is 191 Å². The normalized spacial score (nSPS) is 10.8. The Kier molecular flexibility index (Phi) is 20.1. The molecule has 0 heterocycles. The summed E-state index contributed by atoms with van der Waals surface area (Å²) in [5.74, 6) is -3.17. The van der Waals surface area contributed by atoms with Crippen LogP contribution in [0.5, 0.6) is 0 Å². The number of halogens is 6. The highest BCUT2D eigenvalue weighted by atomic mass is 127. The van der Waals surface area contributed by atoms with Gasteiger partial charge in [0.2, 0.25) is 23.6 Å². The molecule has 49 heavy (non-hydrogen) atoms. The van der Waals surface area contributed by atoms with Gasteiger partial charge in [-0.3, -0.25) is 19.2 Å². The largest absolute Gasteiger partial charge is 0.478 e. The molecule has 4 amide bonds. The van der Waals surface area contributed by atoms with Gasteiger partial charge in [-0.05, 0) is 161 Å². The Morgan fingerprint density at radius 1 is 0.490 bits per heavy atom. The molecule has 0 aliphatic carbocycles. The van der Waals surface area contributed by atoms with E-state index in [2.05, 4.69) is 66.4 Å². The van der Waals surface area contributed by atoms with Crippen LogP contribution >= 0.6 is 136 Å². The predicted molar refractivity (Wildman–Crippen MR) is 237 cm³/mol. The predicted octanol–water partition coefficient (Wildman–Crippen LogP) is 8.07. The van der Waals surface area contributed by atoms with E-state index in [0.29, 0.717) is 88.9 Å². The number of carbonyl (C=O) groups excluding carboxylic acids is 4. The van der Waals surface area contributed by atoms with E-state index in [1.165, 1.54) is 0 Å². The van der Waals surface area contributed by atoms with Crippen LogP contribution in [-0.4, -0.2) is 45.8 Å². The smallest absolute Gasteiger partial charge is 0.337 e. The van der Waals surface area contributed by atoms with Crippen molar-refractivity contribution >= 4 is 182 Å². The molecular formula is C31H34I6N4O8. The number of anilines is 2. The molecule has 0 bridgehead atoms. The Morgan fingerprint density at radius 3 is 1.14 bits per heavy atom. The molecule has 0 fully saturated rings. The van der Waals surface area contributed by atoms with E-state index in [4.69, 9.17) is 0 Å². The number of carbonyl (C=O) groups is 6.